The Hall–Kier alpha value is -3.10. The molecule has 0 aliphatic carbocycles. The summed E-state index contributed by atoms with van der Waals surface area (Å²) in [7, 11) is 5.05. The van der Waals surface area contributed by atoms with Gasteiger partial charge in [-0.1, -0.05) is 12.1 Å². The SMILES string of the molecule is COc1ccc(-c2nc(CC(=O)N(C)Cc3ccc(N4CCOCC4)cc3)cs2)cc1OC. The molecule has 0 bridgehead atoms. The van der Waals surface area contributed by atoms with Crippen molar-refractivity contribution >= 4 is 22.9 Å². The van der Waals surface area contributed by atoms with Crippen molar-refractivity contribution in [2.75, 3.05) is 52.5 Å². The second kappa shape index (κ2) is 10.7. The van der Waals surface area contributed by atoms with Gasteiger partial charge in [0.15, 0.2) is 11.5 Å². The zero-order valence-electron chi connectivity index (χ0n) is 19.2. The summed E-state index contributed by atoms with van der Waals surface area (Å²) in [6.07, 6.45) is 0.270. The number of hydrogen-bond acceptors (Lipinski definition) is 7. The van der Waals surface area contributed by atoms with Gasteiger partial charge < -0.3 is 24.0 Å². The van der Waals surface area contributed by atoms with Crippen LogP contribution in [0.15, 0.2) is 47.8 Å². The van der Waals surface area contributed by atoms with Crippen molar-refractivity contribution < 1.29 is 19.0 Å². The maximum absolute atomic E-state index is 12.8. The molecule has 0 atom stereocenters. The van der Waals surface area contributed by atoms with Crippen LogP contribution in [0.3, 0.4) is 0 Å². The minimum atomic E-state index is 0.0383. The summed E-state index contributed by atoms with van der Waals surface area (Å²) in [5, 5.41) is 2.79. The van der Waals surface area contributed by atoms with Gasteiger partial charge in [0.25, 0.3) is 0 Å². The average molecular weight is 468 g/mol. The van der Waals surface area contributed by atoms with Gasteiger partial charge in [-0.25, -0.2) is 4.98 Å². The molecule has 0 radical (unpaired) electrons. The number of thiazole rings is 1. The Morgan fingerprint density at radius 3 is 2.52 bits per heavy atom. The van der Waals surface area contributed by atoms with Crippen molar-refractivity contribution in [3.63, 3.8) is 0 Å². The molecule has 1 aromatic heterocycles. The van der Waals surface area contributed by atoms with E-state index in [4.69, 9.17) is 14.2 Å². The van der Waals surface area contributed by atoms with E-state index in [2.05, 4.69) is 34.1 Å². The predicted octanol–water partition coefficient (Wildman–Crippen LogP) is 3.87. The average Bonchev–Trinajstić information content (AvgIpc) is 3.33. The summed E-state index contributed by atoms with van der Waals surface area (Å²) >= 11 is 1.52. The van der Waals surface area contributed by atoms with Crippen LogP contribution in [-0.4, -0.2) is 63.4 Å². The van der Waals surface area contributed by atoms with Crippen LogP contribution >= 0.6 is 11.3 Å². The summed E-state index contributed by atoms with van der Waals surface area (Å²) < 4.78 is 16.1. The fourth-order valence-corrected chi connectivity index (χ4v) is 4.59. The molecule has 1 fully saturated rings. The molecule has 0 unspecified atom stereocenters. The van der Waals surface area contributed by atoms with E-state index in [1.54, 1.807) is 19.1 Å². The largest absolute Gasteiger partial charge is 0.493 e. The first-order chi connectivity index (χ1) is 16.1. The van der Waals surface area contributed by atoms with Gasteiger partial charge in [0, 0.05) is 43.3 Å². The molecule has 0 saturated carbocycles. The standard InChI is InChI=1S/C25H29N3O4S/c1-27(16-18-4-7-21(8-5-18)28-10-12-32-13-11-28)24(29)15-20-17-33-25(26-20)19-6-9-22(30-2)23(14-19)31-3/h4-9,14,17H,10-13,15-16H2,1-3H3. The molecule has 2 aromatic carbocycles. The van der Waals surface area contributed by atoms with Crippen molar-refractivity contribution in [1.82, 2.24) is 9.88 Å². The minimum absolute atomic E-state index is 0.0383. The van der Waals surface area contributed by atoms with E-state index in [0.717, 1.165) is 48.1 Å². The molecule has 1 aliphatic rings. The van der Waals surface area contributed by atoms with E-state index in [-0.39, 0.29) is 12.3 Å². The van der Waals surface area contributed by atoms with Crippen LogP contribution in [0.2, 0.25) is 0 Å². The first-order valence-electron chi connectivity index (χ1n) is 10.9. The van der Waals surface area contributed by atoms with E-state index in [1.807, 2.05) is 30.6 Å². The summed E-state index contributed by atoms with van der Waals surface area (Å²) in [5.74, 6) is 1.37. The lowest BCUT2D eigenvalue weighted by Crippen LogP contribution is -2.36. The molecule has 3 aromatic rings. The van der Waals surface area contributed by atoms with Gasteiger partial charge in [-0.05, 0) is 35.9 Å². The zero-order chi connectivity index (χ0) is 23.2. The van der Waals surface area contributed by atoms with E-state index in [1.165, 1.54) is 17.0 Å². The fourth-order valence-electron chi connectivity index (χ4n) is 3.78. The number of rotatable bonds is 8. The highest BCUT2D eigenvalue weighted by Gasteiger charge is 2.15. The zero-order valence-corrected chi connectivity index (χ0v) is 20.1. The summed E-state index contributed by atoms with van der Waals surface area (Å²) in [4.78, 5) is 21.5. The van der Waals surface area contributed by atoms with Crippen molar-refractivity contribution in [2.24, 2.45) is 0 Å². The minimum Gasteiger partial charge on any atom is -0.493 e. The van der Waals surface area contributed by atoms with Crippen LogP contribution in [0.4, 0.5) is 5.69 Å². The smallest absolute Gasteiger partial charge is 0.228 e. The highest BCUT2D eigenvalue weighted by molar-refractivity contribution is 7.13. The van der Waals surface area contributed by atoms with E-state index in [0.29, 0.717) is 18.0 Å². The first kappa shape index (κ1) is 23.1. The van der Waals surface area contributed by atoms with Gasteiger partial charge in [-0.15, -0.1) is 11.3 Å². The number of anilines is 1. The molecular weight excluding hydrogens is 438 g/mol. The summed E-state index contributed by atoms with van der Waals surface area (Å²) in [6.45, 7) is 3.93. The van der Waals surface area contributed by atoms with Crippen molar-refractivity contribution in [3.05, 3.63) is 59.1 Å². The molecule has 0 spiro atoms. The van der Waals surface area contributed by atoms with Crippen LogP contribution < -0.4 is 14.4 Å². The Morgan fingerprint density at radius 1 is 1.09 bits per heavy atom. The van der Waals surface area contributed by atoms with Gasteiger partial charge in [0.1, 0.15) is 5.01 Å². The van der Waals surface area contributed by atoms with Gasteiger partial charge in [0.05, 0.1) is 39.5 Å². The third-order valence-electron chi connectivity index (χ3n) is 5.67. The van der Waals surface area contributed by atoms with Gasteiger partial charge in [-0.3, -0.25) is 4.79 Å². The fraction of sp³-hybridized carbons (Fsp3) is 0.360. The second-order valence-corrected chi connectivity index (χ2v) is 8.76. The molecule has 33 heavy (non-hydrogen) atoms. The van der Waals surface area contributed by atoms with E-state index < -0.39 is 0 Å². The number of methoxy groups -OCH3 is 2. The predicted molar refractivity (Wildman–Crippen MR) is 130 cm³/mol. The lowest BCUT2D eigenvalue weighted by atomic mass is 10.1. The molecular formula is C25H29N3O4S. The van der Waals surface area contributed by atoms with Crippen LogP contribution in [0.25, 0.3) is 10.6 Å². The quantitative estimate of drug-likeness (QED) is 0.501. The monoisotopic (exact) mass is 467 g/mol. The lowest BCUT2D eigenvalue weighted by Gasteiger charge is -2.29. The summed E-state index contributed by atoms with van der Waals surface area (Å²) in [5.41, 5.74) is 4.00. The molecule has 8 heteroatoms. The topological polar surface area (TPSA) is 64.1 Å². The van der Waals surface area contributed by atoms with Crippen molar-refractivity contribution in [3.8, 4) is 22.1 Å². The number of nitrogens with zero attached hydrogens (tertiary/aromatic N) is 3. The number of aromatic nitrogens is 1. The van der Waals surface area contributed by atoms with Crippen LogP contribution in [-0.2, 0) is 22.5 Å². The van der Waals surface area contributed by atoms with Crippen LogP contribution in [0, 0.1) is 0 Å². The maximum Gasteiger partial charge on any atom is 0.228 e. The third kappa shape index (κ3) is 5.64. The van der Waals surface area contributed by atoms with Gasteiger partial charge in [0.2, 0.25) is 5.91 Å². The number of morpholine rings is 1. The molecule has 1 aliphatic heterocycles. The number of ether oxygens (including phenoxy) is 3. The Kier molecular flexibility index (Phi) is 7.47. The highest BCUT2D eigenvalue weighted by Crippen LogP contribution is 2.33. The molecule has 1 saturated heterocycles. The van der Waals surface area contributed by atoms with E-state index in [9.17, 15) is 4.79 Å². The Morgan fingerprint density at radius 2 is 1.82 bits per heavy atom. The third-order valence-corrected chi connectivity index (χ3v) is 6.61. The van der Waals surface area contributed by atoms with Crippen molar-refractivity contribution in [1.29, 1.82) is 0 Å². The number of likely N-dealkylation sites (N-methyl/N-ethyl adjacent to an activating group) is 1. The van der Waals surface area contributed by atoms with Crippen molar-refractivity contribution in [2.45, 2.75) is 13.0 Å². The number of benzene rings is 2. The molecule has 7 nitrogen and oxygen atoms in total. The Bertz CT molecular complexity index is 1080. The molecule has 0 N–H and O–H groups in total. The molecule has 4 rings (SSSR count). The molecule has 2 heterocycles. The van der Waals surface area contributed by atoms with Gasteiger partial charge >= 0.3 is 0 Å². The number of amides is 1. The normalized spacial score (nSPS) is 13.6. The highest BCUT2D eigenvalue weighted by atomic mass is 32.1. The van der Waals surface area contributed by atoms with Gasteiger partial charge in [-0.2, -0.15) is 0 Å². The lowest BCUT2D eigenvalue weighted by molar-refractivity contribution is -0.129. The Labute approximate surface area is 198 Å². The van der Waals surface area contributed by atoms with E-state index >= 15 is 0 Å². The first-order valence-corrected chi connectivity index (χ1v) is 11.8. The molecule has 1 amide bonds. The number of carbonyl (C=O) groups is 1. The Balaban J connectivity index is 1.35. The van der Waals surface area contributed by atoms with Crippen LogP contribution in [0.5, 0.6) is 11.5 Å². The number of carbonyl (C=O) groups excluding carboxylic acids is 1. The second-order valence-electron chi connectivity index (χ2n) is 7.91. The maximum atomic E-state index is 12.8. The number of hydrogen-bond donors (Lipinski definition) is 0. The molecule has 174 valence electrons. The summed E-state index contributed by atoms with van der Waals surface area (Å²) in [6, 6.07) is 14.1. The van der Waals surface area contributed by atoms with Crippen LogP contribution in [0.1, 0.15) is 11.3 Å².